The number of halogens is 3. The van der Waals surface area contributed by atoms with Crippen molar-refractivity contribution in [3.05, 3.63) is 29.6 Å². The summed E-state index contributed by atoms with van der Waals surface area (Å²) in [4.78, 5) is 7.72. The fraction of sp³-hybridized carbons (Fsp3) is 0.333. The number of pyridine rings is 2. The van der Waals surface area contributed by atoms with Crippen molar-refractivity contribution in [1.29, 1.82) is 0 Å². The molecule has 2 N–H and O–H groups in total. The molecule has 0 amide bonds. The van der Waals surface area contributed by atoms with Crippen molar-refractivity contribution in [1.82, 2.24) is 9.97 Å². The van der Waals surface area contributed by atoms with Crippen molar-refractivity contribution in [2.45, 2.75) is 24.9 Å². The minimum Gasteiger partial charge on any atom is -0.397 e. The maximum absolute atomic E-state index is 12.7. The van der Waals surface area contributed by atoms with Gasteiger partial charge in [0.25, 0.3) is 0 Å². The second-order valence-electron chi connectivity index (χ2n) is 4.46. The average molecular weight is 253 g/mol. The van der Waals surface area contributed by atoms with E-state index in [2.05, 4.69) is 9.97 Å². The summed E-state index contributed by atoms with van der Waals surface area (Å²) in [7, 11) is 0. The molecule has 2 heterocycles. The van der Waals surface area contributed by atoms with Crippen LogP contribution >= 0.6 is 0 Å². The molecule has 0 aromatic carbocycles. The Bertz CT molecular complexity index is 618. The van der Waals surface area contributed by atoms with E-state index >= 15 is 0 Å². The molecule has 0 atom stereocenters. The molecule has 0 bridgehead atoms. The van der Waals surface area contributed by atoms with Crippen molar-refractivity contribution >= 4 is 16.7 Å². The van der Waals surface area contributed by atoms with Crippen molar-refractivity contribution < 1.29 is 13.2 Å². The average Bonchev–Trinajstić information content (AvgIpc) is 3.11. The molecule has 2 aromatic rings. The third-order valence-corrected chi connectivity index (χ3v) is 3.06. The predicted molar refractivity (Wildman–Crippen MR) is 60.9 cm³/mol. The van der Waals surface area contributed by atoms with Gasteiger partial charge in [0, 0.05) is 5.56 Å². The largest absolute Gasteiger partial charge is 0.433 e. The van der Waals surface area contributed by atoms with Gasteiger partial charge < -0.3 is 5.73 Å². The van der Waals surface area contributed by atoms with E-state index in [1.807, 2.05) is 0 Å². The number of hydrogen-bond donors (Lipinski definition) is 1. The van der Waals surface area contributed by atoms with Crippen molar-refractivity contribution in [3.63, 3.8) is 0 Å². The second-order valence-corrected chi connectivity index (χ2v) is 4.46. The number of hydrogen-bond acceptors (Lipinski definition) is 3. The Morgan fingerprint density at radius 1 is 1.22 bits per heavy atom. The van der Waals surface area contributed by atoms with E-state index < -0.39 is 11.9 Å². The molecule has 0 radical (unpaired) electrons. The van der Waals surface area contributed by atoms with Crippen LogP contribution in [0.2, 0.25) is 0 Å². The van der Waals surface area contributed by atoms with Gasteiger partial charge in [0.2, 0.25) is 0 Å². The molecule has 18 heavy (non-hydrogen) atoms. The van der Waals surface area contributed by atoms with Crippen LogP contribution < -0.4 is 5.73 Å². The number of alkyl halides is 3. The van der Waals surface area contributed by atoms with Gasteiger partial charge >= 0.3 is 6.18 Å². The van der Waals surface area contributed by atoms with Crippen LogP contribution in [0, 0.1) is 0 Å². The molecule has 0 aliphatic heterocycles. The minimum absolute atomic E-state index is 0.228. The lowest BCUT2D eigenvalue weighted by Crippen LogP contribution is -2.09. The number of anilines is 1. The van der Waals surface area contributed by atoms with E-state index in [1.54, 1.807) is 0 Å². The summed E-state index contributed by atoms with van der Waals surface area (Å²) in [6.45, 7) is 0. The Labute approximate surface area is 101 Å². The zero-order chi connectivity index (χ0) is 12.9. The highest BCUT2D eigenvalue weighted by Gasteiger charge is 2.34. The summed E-state index contributed by atoms with van der Waals surface area (Å²) in [6.07, 6.45) is -1.06. The molecular weight excluding hydrogens is 243 g/mol. The number of fused-ring (bicyclic) bond motifs is 1. The quantitative estimate of drug-likeness (QED) is 0.849. The third kappa shape index (κ3) is 1.77. The monoisotopic (exact) mass is 253 g/mol. The van der Waals surface area contributed by atoms with Crippen LogP contribution in [0.15, 0.2) is 18.3 Å². The lowest BCUT2D eigenvalue weighted by Gasteiger charge is -2.10. The number of aromatic nitrogens is 2. The summed E-state index contributed by atoms with van der Waals surface area (Å²) >= 11 is 0. The molecule has 1 aliphatic rings. The van der Waals surface area contributed by atoms with Crippen LogP contribution in [0.1, 0.15) is 30.0 Å². The Morgan fingerprint density at radius 2 is 1.94 bits per heavy atom. The molecule has 0 saturated heterocycles. The molecule has 1 fully saturated rings. The van der Waals surface area contributed by atoms with Crippen LogP contribution in [0.25, 0.3) is 11.0 Å². The van der Waals surface area contributed by atoms with E-state index in [1.165, 1.54) is 12.3 Å². The maximum atomic E-state index is 12.7. The standard InChI is InChI=1S/C12H10F3N3/c13-12(14,15)9-4-3-8-11(18-9)10(6-1-2-6)7(16)5-17-8/h3-6H,1-2,16H2. The summed E-state index contributed by atoms with van der Waals surface area (Å²) < 4.78 is 38.0. The molecule has 6 heteroatoms. The zero-order valence-corrected chi connectivity index (χ0v) is 9.33. The fourth-order valence-corrected chi connectivity index (χ4v) is 2.06. The summed E-state index contributed by atoms with van der Waals surface area (Å²) in [5.41, 5.74) is 6.79. The first-order valence-electron chi connectivity index (χ1n) is 5.59. The first-order valence-corrected chi connectivity index (χ1v) is 5.59. The van der Waals surface area contributed by atoms with Gasteiger partial charge in [-0.2, -0.15) is 13.2 Å². The van der Waals surface area contributed by atoms with Gasteiger partial charge in [-0.15, -0.1) is 0 Å². The van der Waals surface area contributed by atoms with Crippen molar-refractivity contribution in [2.75, 3.05) is 5.73 Å². The molecule has 1 aliphatic carbocycles. The summed E-state index contributed by atoms with van der Waals surface area (Å²) in [6, 6.07) is 2.29. The normalized spacial score (nSPS) is 16.2. The number of nitrogens with two attached hydrogens (primary N) is 1. The van der Waals surface area contributed by atoms with E-state index in [-0.39, 0.29) is 11.4 Å². The second kappa shape index (κ2) is 3.57. The fourth-order valence-electron chi connectivity index (χ4n) is 2.06. The SMILES string of the molecule is Nc1cnc2ccc(C(F)(F)F)nc2c1C1CC1. The topological polar surface area (TPSA) is 51.8 Å². The van der Waals surface area contributed by atoms with E-state index in [4.69, 9.17) is 5.73 Å². The van der Waals surface area contributed by atoms with E-state index in [0.717, 1.165) is 18.9 Å². The highest BCUT2D eigenvalue weighted by atomic mass is 19.4. The first-order chi connectivity index (χ1) is 8.47. The lowest BCUT2D eigenvalue weighted by atomic mass is 10.1. The molecule has 0 spiro atoms. The predicted octanol–water partition coefficient (Wildman–Crippen LogP) is 3.11. The minimum atomic E-state index is -4.44. The van der Waals surface area contributed by atoms with Gasteiger partial charge in [0.1, 0.15) is 5.69 Å². The summed E-state index contributed by atoms with van der Waals surface area (Å²) in [5.74, 6) is 0.228. The van der Waals surface area contributed by atoms with Crippen LogP contribution in [-0.2, 0) is 6.18 Å². The van der Waals surface area contributed by atoms with Crippen LogP contribution in [0.4, 0.5) is 18.9 Å². The molecule has 3 rings (SSSR count). The van der Waals surface area contributed by atoms with Gasteiger partial charge in [-0.05, 0) is 30.9 Å². The van der Waals surface area contributed by atoms with Crippen molar-refractivity contribution in [2.24, 2.45) is 0 Å². The molecular formula is C12H10F3N3. The smallest absolute Gasteiger partial charge is 0.397 e. The number of nitrogen functional groups attached to an aromatic ring is 1. The van der Waals surface area contributed by atoms with Crippen LogP contribution in [0.5, 0.6) is 0 Å². The Kier molecular flexibility index (Phi) is 2.23. The summed E-state index contributed by atoms with van der Waals surface area (Å²) in [5, 5.41) is 0. The van der Waals surface area contributed by atoms with E-state index in [9.17, 15) is 13.2 Å². The zero-order valence-electron chi connectivity index (χ0n) is 9.33. The van der Waals surface area contributed by atoms with Gasteiger partial charge in [-0.25, -0.2) is 4.98 Å². The van der Waals surface area contributed by atoms with E-state index in [0.29, 0.717) is 16.8 Å². The molecule has 94 valence electrons. The van der Waals surface area contributed by atoms with Crippen LogP contribution in [0.3, 0.4) is 0 Å². The lowest BCUT2D eigenvalue weighted by molar-refractivity contribution is -0.140. The molecule has 1 saturated carbocycles. The van der Waals surface area contributed by atoms with Gasteiger partial charge in [0.15, 0.2) is 0 Å². The van der Waals surface area contributed by atoms with Gasteiger partial charge in [-0.3, -0.25) is 4.98 Å². The first kappa shape index (κ1) is 11.3. The van der Waals surface area contributed by atoms with Gasteiger partial charge in [-0.1, -0.05) is 0 Å². The Morgan fingerprint density at radius 3 is 2.56 bits per heavy atom. The van der Waals surface area contributed by atoms with Gasteiger partial charge in [0.05, 0.1) is 22.9 Å². The number of rotatable bonds is 1. The molecule has 2 aromatic heterocycles. The van der Waals surface area contributed by atoms with Crippen molar-refractivity contribution in [3.8, 4) is 0 Å². The number of nitrogens with zero attached hydrogens (tertiary/aromatic N) is 2. The van der Waals surface area contributed by atoms with Crippen LogP contribution in [-0.4, -0.2) is 9.97 Å². The Balaban J connectivity index is 2.27. The third-order valence-electron chi connectivity index (χ3n) is 3.06. The highest BCUT2D eigenvalue weighted by Crippen LogP contribution is 2.45. The highest BCUT2D eigenvalue weighted by molar-refractivity contribution is 5.83. The molecule has 0 unspecified atom stereocenters. The molecule has 3 nitrogen and oxygen atoms in total. The Hall–Kier alpha value is -1.85. The maximum Gasteiger partial charge on any atom is 0.433 e.